The second-order valence-electron chi connectivity index (χ2n) is 4.68. The summed E-state index contributed by atoms with van der Waals surface area (Å²) < 4.78 is 0. The van der Waals surface area contributed by atoms with E-state index in [0.29, 0.717) is 5.92 Å². The van der Waals surface area contributed by atoms with Crippen molar-refractivity contribution in [3.05, 3.63) is 29.8 Å². The van der Waals surface area contributed by atoms with E-state index in [0.717, 1.165) is 18.9 Å². The molecular formula is C14H23NS. The summed E-state index contributed by atoms with van der Waals surface area (Å²) in [7, 11) is 0. The Hall–Kier alpha value is -0.470. The van der Waals surface area contributed by atoms with Gasteiger partial charge in [0.15, 0.2) is 0 Å². The van der Waals surface area contributed by atoms with Crippen molar-refractivity contribution in [1.82, 2.24) is 0 Å². The molecule has 0 fully saturated rings. The summed E-state index contributed by atoms with van der Waals surface area (Å²) in [6.45, 7) is 5.33. The van der Waals surface area contributed by atoms with Gasteiger partial charge in [-0.15, -0.1) is 11.8 Å². The third-order valence-corrected chi connectivity index (χ3v) is 3.60. The van der Waals surface area contributed by atoms with Crippen molar-refractivity contribution in [2.24, 2.45) is 11.7 Å². The molecule has 0 amide bonds. The Labute approximate surface area is 104 Å². The maximum Gasteiger partial charge on any atom is 0.00693 e. The van der Waals surface area contributed by atoms with E-state index < -0.39 is 0 Å². The van der Waals surface area contributed by atoms with Crippen molar-refractivity contribution in [3.63, 3.8) is 0 Å². The lowest BCUT2D eigenvalue weighted by molar-refractivity contribution is 0.480. The fourth-order valence-corrected chi connectivity index (χ4v) is 2.48. The maximum atomic E-state index is 5.69. The van der Waals surface area contributed by atoms with Gasteiger partial charge in [0.25, 0.3) is 0 Å². The van der Waals surface area contributed by atoms with Gasteiger partial charge < -0.3 is 5.73 Å². The Morgan fingerprint density at radius 1 is 1.19 bits per heavy atom. The molecule has 0 aliphatic rings. The summed E-state index contributed by atoms with van der Waals surface area (Å²) in [5, 5.41) is 0. The van der Waals surface area contributed by atoms with Crippen LogP contribution in [0, 0.1) is 5.92 Å². The van der Waals surface area contributed by atoms with Gasteiger partial charge in [-0.2, -0.15) is 0 Å². The molecule has 16 heavy (non-hydrogen) atoms. The van der Waals surface area contributed by atoms with Gasteiger partial charge in [-0.25, -0.2) is 0 Å². The lowest BCUT2D eigenvalue weighted by Crippen LogP contribution is -2.09. The summed E-state index contributed by atoms with van der Waals surface area (Å²) in [6.07, 6.45) is 4.44. The van der Waals surface area contributed by atoms with Crippen LogP contribution in [-0.4, -0.2) is 12.8 Å². The summed E-state index contributed by atoms with van der Waals surface area (Å²) in [4.78, 5) is 1.33. The lowest BCUT2D eigenvalue weighted by atomic mass is 9.88. The molecule has 1 aromatic carbocycles. The highest BCUT2D eigenvalue weighted by Gasteiger charge is 2.12. The zero-order valence-corrected chi connectivity index (χ0v) is 11.4. The monoisotopic (exact) mass is 237 g/mol. The minimum atomic E-state index is 0.626. The third kappa shape index (κ3) is 4.18. The normalized spacial score (nSPS) is 13.1. The standard InChI is InChI=1S/C14H23NS/c1-11(2)10-13(8-9-15)12-4-6-14(16-3)7-5-12/h4-7,11,13H,8-10,15H2,1-3H3. The van der Waals surface area contributed by atoms with E-state index >= 15 is 0 Å². The number of nitrogens with two attached hydrogens (primary N) is 1. The predicted molar refractivity (Wildman–Crippen MR) is 74.1 cm³/mol. The van der Waals surface area contributed by atoms with Crippen LogP contribution in [0.25, 0.3) is 0 Å². The van der Waals surface area contributed by atoms with Crippen LogP contribution in [0.1, 0.15) is 38.2 Å². The number of hydrogen-bond donors (Lipinski definition) is 1. The summed E-state index contributed by atoms with van der Waals surface area (Å²) in [5.74, 6) is 1.36. The third-order valence-electron chi connectivity index (χ3n) is 2.86. The fraction of sp³-hybridized carbons (Fsp3) is 0.571. The first-order chi connectivity index (χ1) is 7.67. The van der Waals surface area contributed by atoms with Gasteiger partial charge in [-0.05, 0) is 55.2 Å². The minimum Gasteiger partial charge on any atom is -0.330 e. The van der Waals surface area contributed by atoms with Crippen LogP contribution >= 0.6 is 11.8 Å². The molecule has 0 saturated carbocycles. The summed E-state index contributed by atoms with van der Waals surface area (Å²) in [6, 6.07) is 8.94. The van der Waals surface area contributed by atoms with Crippen LogP contribution < -0.4 is 5.73 Å². The number of hydrogen-bond acceptors (Lipinski definition) is 2. The first kappa shape index (κ1) is 13.6. The molecule has 1 aromatic rings. The van der Waals surface area contributed by atoms with Crippen LogP contribution in [0.4, 0.5) is 0 Å². The van der Waals surface area contributed by atoms with E-state index in [1.165, 1.54) is 16.9 Å². The molecule has 2 heteroatoms. The topological polar surface area (TPSA) is 26.0 Å². The van der Waals surface area contributed by atoms with Crippen molar-refractivity contribution in [2.45, 2.75) is 37.5 Å². The van der Waals surface area contributed by atoms with Gasteiger partial charge in [0, 0.05) is 4.90 Å². The van der Waals surface area contributed by atoms with Crippen LogP contribution in [0.5, 0.6) is 0 Å². The molecule has 0 bridgehead atoms. The number of benzene rings is 1. The Morgan fingerprint density at radius 2 is 1.81 bits per heavy atom. The Balaban J connectivity index is 2.75. The Morgan fingerprint density at radius 3 is 2.25 bits per heavy atom. The highest BCUT2D eigenvalue weighted by molar-refractivity contribution is 7.98. The summed E-state index contributed by atoms with van der Waals surface area (Å²) >= 11 is 1.79. The van der Waals surface area contributed by atoms with E-state index in [1.54, 1.807) is 11.8 Å². The number of rotatable bonds is 6. The molecule has 1 unspecified atom stereocenters. The van der Waals surface area contributed by atoms with Crippen molar-refractivity contribution >= 4 is 11.8 Å². The van der Waals surface area contributed by atoms with Crippen molar-refractivity contribution in [3.8, 4) is 0 Å². The predicted octanol–water partition coefficient (Wildman–Crippen LogP) is 3.89. The van der Waals surface area contributed by atoms with E-state index in [2.05, 4.69) is 44.4 Å². The van der Waals surface area contributed by atoms with Crippen molar-refractivity contribution < 1.29 is 0 Å². The van der Waals surface area contributed by atoms with Crippen LogP contribution in [0.3, 0.4) is 0 Å². The largest absolute Gasteiger partial charge is 0.330 e. The molecule has 1 nitrogen and oxygen atoms in total. The molecule has 0 radical (unpaired) electrons. The zero-order chi connectivity index (χ0) is 12.0. The van der Waals surface area contributed by atoms with Crippen LogP contribution in [0.2, 0.25) is 0 Å². The van der Waals surface area contributed by atoms with Gasteiger partial charge in [0.1, 0.15) is 0 Å². The molecule has 1 atom stereocenters. The van der Waals surface area contributed by atoms with E-state index in [1.807, 2.05) is 0 Å². The van der Waals surface area contributed by atoms with Crippen LogP contribution in [-0.2, 0) is 0 Å². The molecule has 0 aromatic heterocycles. The molecule has 0 spiro atoms. The Bertz CT molecular complexity index is 292. The van der Waals surface area contributed by atoms with Gasteiger partial charge in [-0.3, -0.25) is 0 Å². The quantitative estimate of drug-likeness (QED) is 0.760. The average Bonchev–Trinajstić information content (AvgIpc) is 2.28. The second kappa shape index (κ2) is 6.97. The molecule has 1 rings (SSSR count). The Kier molecular flexibility index (Phi) is 5.93. The van der Waals surface area contributed by atoms with E-state index in [-0.39, 0.29) is 0 Å². The highest BCUT2D eigenvalue weighted by atomic mass is 32.2. The number of thioether (sulfide) groups is 1. The first-order valence-corrected chi connectivity index (χ1v) is 7.23. The highest BCUT2D eigenvalue weighted by Crippen LogP contribution is 2.28. The lowest BCUT2D eigenvalue weighted by Gasteiger charge is -2.19. The molecule has 0 heterocycles. The first-order valence-electron chi connectivity index (χ1n) is 6.01. The maximum absolute atomic E-state index is 5.69. The molecular weight excluding hydrogens is 214 g/mol. The minimum absolute atomic E-state index is 0.626. The zero-order valence-electron chi connectivity index (χ0n) is 10.6. The smallest absolute Gasteiger partial charge is 0.00693 e. The molecule has 0 aliphatic carbocycles. The molecule has 0 aliphatic heterocycles. The van der Waals surface area contributed by atoms with E-state index in [9.17, 15) is 0 Å². The average molecular weight is 237 g/mol. The molecule has 90 valence electrons. The summed E-state index contributed by atoms with van der Waals surface area (Å²) in [5.41, 5.74) is 7.14. The molecule has 2 N–H and O–H groups in total. The second-order valence-corrected chi connectivity index (χ2v) is 5.56. The van der Waals surface area contributed by atoms with Gasteiger partial charge in [0.2, 0.25) is 0 Å². The van der Waals surface area contributed by atoms with Gasteiger partial charge in [-0.1, -0.05) is 26.0 Å². The van der Waals surface area contributed by atoms with Crippen molar-refractivity contribution in [1.29, 1.82) is 0 Å². The van der Waals surface area contributed by atoms with Crippen molar-refractivity contribution in [2.75, 3.05) is 12.8 Å². The van der Waals surface area contributed by atoms with Gasteiger partial charge >= 0.3 is 0 Å². The SMILES string of the molecule is CSc1ccc(C(CCN)CC(C)C)cc1. The van der Waals surface area contributed by atoms with Crippen LogP contribution in [0.15, 0.2) is 29.2 Å². The van der Waals surface area contributed by atoms with Gasteiger partial charge in [0.05, 0.1) is 0 Å². The molecule has 0 saturated heterocycles. The van der Waals surface area contributed by atoms with E-state index in [4.69, 9.17) is 5.73 Å². The fourth-order valence-electron chi connectivity index (χ4n) is 2.07.